The topological polar surface area (TPSA) is 195 Å². The predicted octanol–water partition coefficient (Wildman–Crippen LogP) is 16.9. The van der Waals surface area contributed by atoms with E-state index < -0.39 is 10.4 Å². The molecule has 9 heterocycles. The van der Waals surface area contributed by atoms with E-state index in [0.29, 0.717) is 0 Å². The maximum absolute atomic E-state index is 8.74. The van der Waals surface area contributed by atoms with Crippen LogP contribution in [0, 0.1) is 0 Å². The quantitative estimate of drug-likeness (QED) is 0.0444. The van der Waals surface area contributed by atoms with Crippen LogP contribution < -0.4 is 0 Å². The molecule has 0 unspecified atom stereocenters. The summed E-state index contributed by atoms with van der Waals surface area (Å²) in [5, 5.41) is 0. The summed E-state index contributed by atoms with van der Waals surface area (Å²) in [4.78, 5) is 36.9. The van der Waals surface area contributed by atoms with Gasteiger partial charge < -0.3 is 29.9 Å². The molecule has 13 heteroatoms. The highest BCUT2D eigenvalue weighted by atomic mass is 32.3. The van der Waals surface area contributed by atoms with Crippen LogP contribution in [0.4, 0.5) is 0 Å². The molecule has 0 spiro atoms. The predicted molar refractivity (Wildman–Crippen MR) is 328 cm³/mol. The normalized spacial score (nSPS) is 13.1. The molecule has 0 atom stereocenters. The van der Waals surface area contributed by atoms with E-state index in [1.165, 1.54) is 155 Å². The number of aromatic nitrogens is 8. The SMILES string of the molecule is CCC1=C(CC)c2nc1c1[nH]c(c(CC)c1CC)c1[nH]c(c(CC)c1CC)c1[nH]c(c3nc(c4[nH]c(c(CC)c4CC)c4[nH]c(c(CC)c4CC)c4[nH]c2c(CC)c4CC)C(CC)=C3CC)c(CC)c1CC.O=S(=O)(O)O. The van der Waals surface area contributed by atoms with Crippen LogP contribution in [0.3, 0.4) is 0 Å². The Labute approximate surface area is 457 Å². The second-order valence-electron chi connectivity index (χ2n) is 20.6. The number of fused-ring (bicyclic) bond motifs is 24. The van der Waals surface area contributed by atoms with Crippen molar-refractivity contribution in [3.63, 3.8) is 0 Å². The molecule has 16 bridgehead atoms. The first-order valence-corrected chi connectivity index (χ1v) is 31.0. The fourth-order valence-corrected chi connectivity index (χ4v) is 14.1. The number of allylic oxidation sites excluding steroid dienone is 4. The average Bonchev–Trinajstić information content (AvgIpc) is 4.32. The Morgan fingerprint density at radius 2 is 0.364 bits per heavy atom. The van der Waals surface area contributed by atoms with Gasteiger partial charge in [0.1, 0.15) is 0 Å². The van der Waals surface area contributed by atoms with Gasteiger partial charge in [-0.1, -0.05) is 111 Å². The van der Waals surface area contributed by atoms with Gasteiger partial charge in [-0.25, -0.2) is 9.97 Å². The van der Waals surface area contributed by atoms with E-state index in [0.717, 1.165) is 126 Å². The Morgan fingerprint density at radius 3 is 0.481 bits per heavy atom. The monoisotopic (exact) mass is 1060 g/mol. The van der Waals surface area contributed by atoms with Gasteiger partial charge in [-0.15, -0.1) is 0 Å². The van der Waals surface area contributed by atoms with Gasteiger partial charge in [0.05, 0.1) is 89.0 Å². The highest BCUT2D eigenvalue weighted by Crippen LogP contribution is 2.45. The maximum atomic E-state index is 8.74. The van der Waals surface area contributed by atoms with E-state index in [1.807, 2.05) is 0 Å². The molecule has 12 nitrogen and oxygen atoms in total. The molecule has 0 radical (unpaired) electrons. The minimum atomic E-state index is -4.67. The van der Waals surface area contributed by atoms with E-state index in [1.54, 1.807) is 0 Å². The molecule has 0 fully saturated rings. The van der Waals surface area contributed by atoms with Crippen molar-refractivity contribution >= 4 is 98.9 Å². The van der Waals surface area contributed by atoms with Gasteiger partial charge in [0, 0.05) is 0 Å². The summed E-state index contributed by atoms with van der Waals surface area (Å²) in [5.41, 5.74) is 41.2. The lowest BCUT2D eigenvalue weighted by atomic mass is 9.96. The maximum Gasteiger partial charge on any atom is 0.394 e. The van der Waals surface area contributed by atoms with Crippen LogP contribution in [0.5, 0.6) is 0 Å². The van der Waals surface area contributed by atoms with E-state index >= 15 is 0 Å². The molecule has 7 aromatic rings. The van der Waals surface area contributed by atoms with Crippen molar-refractivity contribution in [3.8, 4) is 0 Å². The molecule has 9 rings (SSSR count). The first-order valence-electron chi connectivity index (χ1n) is 29.6. The number of aromatic amines is 6. The molecule has 77 heavy (non-hydrogen) atoms. The molecule has 0 amide bonds. The van der Waals surface area contributed by atoms with Crippen molar-refractivity contribution in [2.45, 2.75) is 214 Å². The van der Waals surface area contributed by atoms with Crippen LogP contribution >= 0.6 is 0 Å². The third-order valence-electron chi connectivity index (χ3n) is 17.2. The zero-order valence-electron chi connectivity index (χ0n) is 49.3. The summed E-state index contributed by atoms with van der Waals surface area (Å²) in [5.74, 6) is 0. The molecule has 0 aliphatic carbocycles. The van der Waals surface area contributed by atoms with Crippen molar-refractivity contribution in [2.75, 3.05) is 0 Å². The molecule has 0 aromatic carbocycles. The zero-order chi connectivity index (χ0) is 55.9. The van der Waals surface area contributed by atoms with E-state index in [4.69, 9.17) is 27.5 Å². The average molecular weight is 1070 g/mol. The van der Waals surface area contributed by atoms with Crippen LogP contribution in [0.25, 0.3) is 88.5 Å². The Kier molecular flexibility index (Phi) is 17.3. The van der Waals surface area contributed by atoms with Gasteiger partial charge in [-0.2, -0.15) is 8.42 Å². The number of hydrogen-bond donors (Lipinski definition) is 8. The lowest BCUT2D eigenvalue weighted by molar-refractivity contribution is 0.381. The smallest absolute Gasteiger partial charge is 0.352 e. The summed E-state index contributed by atoms with van der Waals surface area (Å²) >= 11 is 0. The standard InChI is InChI=1S/C64H86N8.H2O4S/c1-17-33-34(18-2)50-52-37(21-5)38(22-6)55(67-52)56-41(25-9)42(26-10)59(69-56)60-45(29-13)46(30-14)63(71-60)64-48(32-16)47(31-15)62(72-64)61-44(28-12)43(27-11)58(70-61)57-40(24-8)39(23-7)54(68-57)53-36(20-4)35(19-3)51(66-53)49(33)65-50;1-5(2,3)4/h65-67,70-72H,17-32H2,1-16H3;(H2,1,2,3,4). The number of H-pyrrole nitrogens is 6. The molecule has 0 saturated heterocycles. The summed E-state index contributed by atoms with van der Waals surface area (Å²) in [6.07, 6.45) is 14.8. The summed E-state index contributed by atoms with van der Waals surface area (Å²) in [7, 11) is -4.67. The van der Waals surface area contributed by atoms with Crippen molar-refractivity contribution in [1.29, 1.82) is 0 Å². The molecule has 7 aromatic heterocycles. The zero-order valence-corrected chi connectivity index (χ0v) is 50.1. The fourth-order valence-electron chi connectivity index (χ4n) is 14.1. The van der Waals surface area contributed by atoms with Crippen LogP contribution in [-0.4, -0.2) is 57.4 Å². The second kappa shape index (κ2) is 23.2. The number of aryl methyl sites for hydroxylation is 12. The number of nitrogens with zero attached hydrogens (tertiary/aromatic N) is 2. The van der Waals surface area contributed by atoms with Gasteiger partial charge in [-0.05, 0) is 192 Å². The van der Waals surface area contributed by atoms with Crippen LogP contribution in [0.2, 0.25) is 0 Å². The van der Waals surface area contributed by atoms with Crippen molar-refractivity contribution < 1.29 is 17.5 Å². The fraction of sp³-hybridized carbons (Fsp3) is 0.500. The number of hydrogen-bond acceptors (Lipinski definition) is 4. The van der Waals surface area contributed by atoms with Crippen molar-refractivity contribution in [1.82, 2.24) is 39.9 Å². The Bertz CT molecular complexity index is 3410. The largest absolute Gasteiger partial charge is 0.394 e. The first kappa shape index (κ1) is 57.3. The summed E-state index contributed by atoms with van der Waals surface area (Å²) < 4.78 is 31.6. The molecular weight excluding hydrogens is 977 g/mol. The first-order chi connectivity index (χ1) is 37.0. The van der Waals surface area contributed by atoms with Gasteiger partial charge in [-0.3, -0.25) is 9.11 Å². The van der Waals surface area contributed by atoms with E-state index in [2.05, 4.69) is 141 Å². The van der Waals surface area contributed by atoms with E-state index in [9.17, 15) is 0 Å². The summed E-state index contributed by atoms with van der Waals surface area (Å²) in [6, 6.07) is 0. The van der Waals surface area contributed by atoms with E-state index in [-0.39, 0.29) is 0 Å². The van der Waals surface area contributed by atoms with Gasteiger partial charge in [0.2, 0.25) is 0 Å². The van der Waals surface area contributed by atoms with Crippen molar-refractivity contribution in [2.24, 2.45) is 0 Å². The molecule has 414 valence electrons. The van der Waals surface area contributed by atoms with Crippen molar-refractivity contribution in [3.05, 3.63) is 89.5 Å². The summed E-state index contributed by atoms with van der Waals surface area (Å²) in [6.45, 7) is 37.3. The molecular formula is C64H88N8O4S. The van der Waals surface area contributed by atoms with Gasteiger partial charge in [0.15, 0.2) is 0 Å². The van der Waals surface area contributed by atoms with Crippen LogP contribution in [-0.2, 0) is 87.4 Å². The molecule has 8 N–H and O–H groups in total. The third kappa shape index (κ3) is 9.39. The highest BCUT2D eigenvalue weighted by Gasteiger charge is 2.30. The second-order valence-corrected chi connectivity index (χ2v) is 21.5. The highest BCUT2D eigenvalue weighted by molar-refractivity contribution is 7.79. The van der Waals surface area contributed by atoms with Gasteiger partial charge in [0.25, 0.3) is 0 Å². The molecule has 2 aliphatic heterocycles. The number of nitrogens with one attached hydrogen (secondary N) is 6. The minimum absolute atomic E-state index is 0.915. The number of rotatable bonds is 16. The molecule has 0 saturated carbocycles. The Hall–Kier alpha value is -5.89. The molecule has 2 aliphatic rings. The van der Waals surface area contributed by atoms with Crippen LogP contribution in [0.15, 0.2) is 0 Å². The lowest BCUT2D eigenvalue weighted by Crippen LogP contribution is -1.90. The lowest BCUT2D eigenvalue weighted by Gasteiger charge is -2.05. The Morgan fingerprint density at radius 1 is 0.247 bits per heavy atom. The Balaban J connectivity index is 0.00000150. The van der Waals surface area contributed by atoms with Crippen LogP contribution in [0.1, 0.15) is 226 Å². The minimum Gasteiger partial charge on any atom is -0.352 e. The van der Waals surface area contributed by atoms with Gasteiger partial charge >= 0.3 is 10.4 Å². The third-order valence-corrected chi connectivity index (χ3v) is 17.2.